The van der Waals surface area contributed by atoms with Crippen molar-refractivity contribution in [1.82, 2.24) is 29.9 Å². The average molecular weight is 433 g/mol. The molecule has 0 spiro atoms. The summed E-state index contributed by atoms with van der Waals surface area (Å²) >= 11 is 0. The smallest absolute Gasteiger partial charge is 0.252 e. The van der Waals surface area contributed by atoms with Crippen LogP contribution in [-0.4, -0.2) is 43.6 Å². The van der Waals surface area contributed by atoms with Crippen LogP contribution >= 0.6 is 0 Å². The van der Waals surface area contributed by atoms with Crippen molar-refractivity contribution >= 4 is 16.9 Å². The van der Waals surface area contributed by atoms with Gasteiger partial charge in [-0.2, -0.15) is 10.2 Å². The number of hydrogen-bond donors (Lipinski definition) is 1. The summed E-state index contributed by atoms with van der Waals surface area (Å²) in [5.41, 5.74) is 5.65. The fourth-order valence-electron chi connectivity index (χ4n) is 4.00. The van der Waals surface area contributed by atoms with Crippen molar-refractivity contribution in [3.05, 3.63) is 59.0 Å². The molecule has 4 rings (SSSR count). The minimum Gasteiger partial charge on any atom is -0.497 e. The van der Waals surface area contributed by atoms with E-state index in [1.807, 2.05) is 75.8 Å². The SMILES string of the molecule is COc1ccc(-c2cc(C(=O)N[C@H](C)Cn3nc(C)cc3C)c3c(C)nn(C)c3n2)cc1. The van der Waals surface area contributed by atoms with Crippen LogP contribution in [0.15, 0.2) is 36.4 Å². The number of methoxy groups -OCH3 is 1. The van der Waals surface area contributed by atoms with Gasteiger partial charge in [-0.3, -0.25) is 14.2 Å². The predicted octanol–water partition coefficient (Wildman–Crippen LogP) is 3.58. The highest BCUT2D eigenvalue weighted by atomic mass is 16.5. The number of aryl methyl sites for hydroxylation is 4. The molecular formula is C24H28N6O2. The molecule has 3 heterocycles. The number of fused-ring (bicyclic) bond motifs is 1. The Morgan fingerprint density at radius 2 is 1.84 bits per heavy atom. The molecule has 1 aromatic carbocycles. The van der Waals surface area contributed by atoms with Crippen LogP contribution < -0.4 is 10.1 Å². The molecule has 0 radical (unpaired) electrons. The molecule has 0 fully saturated rings. The zero-order chi connectivity index (χ0) is 23.0. The largest absolute Gasteiger partial charge is 0.497 e. The lowest BCUT2D eigenvalue weighted by Crippen LogP contribution is -2.36. The van der Waals surface area contributed by atoms with E-state index in [1.54, 1.807) is 11.8 Å². The first-order chi connectivity index (χ1) is 15.3. The summed E-state index contributed by atoms with van der Waals surface area (Å²) < 4.78 is 8.89. The molecule has 0 aliphatic carbocycles. The van der Waals surface area contributed by atoms with E-state index in [9.17, 15) is 4.79 Å². The summed E-state index contributed by atoms with van der Waals surface area (Å²) in [5, 5.41) is 12.9. The Bertz CT molecular complexity index is 1290. The first kappa shape index (κ1) is 21.5. The molecule has 8 heteroatoms. The van der Waals surface area contributed by atoms with Crippen molar-refractivity contribution in [2.24, 2.45) is 7.05 Å². The Balaban J connectivity index is 1.69. The summed E-state index contributed by atoms with van der Waals surface area (Å²) in [7, 11) is 3.47. The maximum absolute atomic E-state index is 13.4. The lowest BCUT2D eigenvalue weighted by atomic mass is 10.0. The molecule has 0 saturated heterocycles. The topological polar surface area (TPSA) is 86.9 Å². The van der Waals surface area contributed by atoms with E-state index < -0.39 is 0 Å². The van der Waals surface area contributed by atoms with Gasteiger partial charge in [-0.15, -0.1) is 0 Å². The standard InChI is InChI=1S/C24H28N6O2/c1-14-11-16(3)30(27-14)13-15(2)25-24(31)20-12-21(18-7-9-19(32-6)10-8-18)26-23-22(20)17(4)28-29(23)5/h7-12,15H,13H2,1-6H3,(H,25,31)/t15-/m1/s1. The Kier molecular flexibility index (Phi) is 5.69. The first-order valence-electron chi connectivity index (χ1n) is 10.6. The number of carbonyl (C=O) groups is 1. The highest BCUT2D eigenvalue weighted by Gasteiger charge is 2.21. The van der Waals surface area contributed by atoms with E-state index in [-0.39, 0.29) is 11.9 Å². The van der Waals surface area contributed by atoms with Gasteiger partial charge in [0.1, 0.15) is 5.75 Å². The molecule has 8 nitrogen and oxygen atoms in total. The molecule has 32 heavy (non-hydrogen) atoms. The Morgan fingerprint density at radius 1 is 1.12 bits per heavy atom. The maximum atomic E-state index is 13.4. The monoisotopic (exact) mass is 432 g/mol. The van der Waals surface area contributed by atoms with Crippen LogP contribution in [0.2, 0.25) is 0 Å². The van der Waals surface area contributed by atoms with E-state index in [0.717, 1.165) is 33.8 Å². The molecule has 1 atom stereocenters. The van der Waals surface area contributed by atoms with Crippen LogP contribution in [0.5, 0.6) is 5.75 Å². The molecule has 0 bridgehead atoms. The number of pyridine rings is 1. The zero-order valence-corrected chi connectivity index (χ0v) is 19.3. The van der Waals surface area contributed by atoms with Crippen LogP contribution in [0.4, 0.5) is 0 Å². The fourth-order valence-corrected chi connectivity index (χ4v) is 4.00. The summed E-state index contributed by atoms with van der Waals surface area (Å²) in [5.74, 6) is 0.611. The second-order valence-electron chi connectivity index (χ2n) is 8.17. The van der Waals surface area contributed by atoms with Gasteiger partial charge < -0.3 is 10.1 Å². The number of carbonyl (C=O) groups excluding carboxylic acids is 1. The van der Waals surface area contributed by atoms with Crippen LogP contribution in [-0.2, 0) is 13.6 Å². The van der Waals surface area contributed by atoms with Gasteiger partial charge in [-0.25, -0.2) is 4.98 Å². The fraction of sp³-hybridized carbons (Fsp3) is 0.333. The molecule has 0 saturated carbocycles. The van der Waals surface area contributed by atoms with Crippen molar-refractivity contribution in [3.63, 3.8) is 0 Å². The lowest BCUT2D eigenvalue weighted by Gasteiger charge is -2.16. The Morgan fingerprint density at radius 3 is 2.47 bits per heavy atom. The molecule has 1 N–H and O–H groups in total. The highest BCUT2D eigenvalue weighted by Crippen LogP contribution is 2.28. The minimum atomic E-state index is -0.155. The Hall–Kier alpha value is -3.68. The summed E-state index contributed by atoms with van der Waals surface area (Å²) in [6.07, 6.45) is 0. The third kappa shape index (κ3) is 4.08. The number of hydrogen-bond acceptors (Lipinski definition) is 5. The van der Waals surface area contributed by atoms with Crippen molar-refractivity contribution in [3.8, 4) is 17.0 Å². The molecular weight excluding hydrogens is 404 g/mol. The van der Waals surface area contributed by atoms with E-state index in [2.05, 4.69) is 15.5 Å². The highest BCUT2D eigenvalue weighted by molar-refractivity contribution is 6.07. The lowest BCUT2D eigenvalue weighted by molar-refractivity contribution is 0.0937. The average Bonchev–Trinajstić information content (AvgIpc) is 3.23. The normalized spacial score (nSPS) is 12.2. The third-order valence-corrected chi connectivity index (χ3v) is 5.53. The quantitative estimate of drug-likeness (QED) is 0.503. The van der Waals surface area contributed by atoms with Crippen LogP contribution in [0.3, 0.4) is 0 Å². The van der Waals surface area contributed by atoms with E-state index in [0.29, 0.717) is 23.4 Å². The summed E-state index contributed by atoms with van der Waals surface area (Å²) in [6.45, 7) is 8.45. The van der Waals surface area contributed by atoms with Gasteiger partial charge in [0.05, 0.1) is 41.7 Å². The number of aromatic nitrogens is 5. The first-order valence-corrected chi connectivity index (χ1v) is 10.6. The van der Waals surface area contributed by atoms with Crippen LogP contribution in [0.25, 0.3) is 22.3 Å². The number of nitrogens with one attached hydrogen (secondary N) is 1. The van der Waals surface area contributed by atoms with Crippen molar-refractivity contribution < 1.29 is 9.53 Å². The number of ether oxygens (including phenoxy) is 1. The van der Waals surface area contributed by atoms with Gasteiger partial charge >= 0.3 is 0 Å². The van der Waals surface area contributed by atoms with E-state index in [4.69, 9.17) is 9.72 Å². The molecule has 4 aromatic rings. The molecule has 1 amide bonds. The third-order valence-electron chi connectivity index (χ3n) is 5.53. The van der Waals surface area contributed by atoms with Gasteiger partial charge in [0.2, 0.25) is 0 Å². The number of nitrogens with zero attached hydrogens (tertiary/aromatic N) is 5. The van der Waals surface area contributed by atoms with Gasteiger partial charge in [-0.1, -0.05) is 0 Å². The van der Waals surface area contributed by atoms with Crippen molar-refractivity contribution in [2.75, 3.05) is 7.11 Å². The number of rotatable bonds is 6. The molecule has 0 aliphatic heterocycles. The molecule has 0 aliphatic rings. The van der Waals surface area contributed by atoms with Gasteiger partial charge in [0, 0.05) is 24.3 Å². The van der Waals surface area contributed by atoms with E-state index >= 15 is 0 Å². The second-order valence-corrected chi connectivity index (χ2v) is 8.17. The predicted molar refractivity (Wildman–Crippen MR) is 124 cm³/mol. The maximum Gasteiger partial charge on any atom is 0.252 e. The summed E-state index contributed by atoms with van der Waals surface area (Å²) in [4.78, 5) is 18.2. The van der Waals surface area contributed by atoms with Crippen molar-refractivity contribution in [2.45, 2.75) is 40.3 Å². The molecule has 0 unspecified atom stereocenters. The summed E-state index contributed by atoms with van der Waals surface area (Å²) in [6, 6.07) is 11.4. The number of amides is 1. The zero-order valence-electron chi connectivity index (χ0n) is 19.3. The molecule has 166 valence electrons. The van der Waals surface area contributed by atoms with E-state index in [1.165, 1.54) is 0 Å². The number of benzene rings is 1. The van der Waals surface area contributed by atoms with Gasteiger partial charge in [-0.05, 0) is 64.1 Å². The Labute approximate surface area is 187 Å². The van der Waals surface area contributed by atoms with Gasteiger partial charge in [0.25, 0.3) is 5.91 Å². The molecule has 3 aromatic heterocycles. The van der Waals surface area contributed by atoms with Crippen molar-refractivity contribution in [1.29, 1.82) is 0 Å². The van der Waals surface area contributed by atoms with Crippen LogP contribution in [0, 0.1) is 20.8 Å². The minimum absolute atomic E-state index is 0.106. The van der Waals surface area contributed by atoms with Crippen LogP contribution in [0.1, 0.15) is 34.4 Å². The van der Waals surface area contributed by atoms with Gasteiger partial charge in [0.15, 0.2) is 5.65 Å². The second kappa shape index (κ2) is 8.45.